The van der Waals surface area contributed by atoms with Gasteiger partial charge in [0.1, 0.15) is 18.2 Å². The maximum absolute atomic E-state index is 16.1. The van der Waals surface area contributed by atoms with Gasteiger partial charge in [-0.2, -0.15) is 5.10 Å². The van der Waals surface area contributed by atoms with Crippen LogP contribution in [-0.4, -0.2) is 84.1 Å². The minimum Gasteiger partial charge on any atom is -0.506 e. The van der Waals surface area contributed by atoms with Gasteiger partial charge >= 0.3 is 0 Å². The highest BCUT2D eigenvalue weighted by molar-refractivity contribution is 6.32. The summed E-state index contributed by atoms with van der Waals surface area (Å²) in [5.41, 5.74) is 1.70. The van der Waals surface area contributed by atoms with Gasteiger partial charge in [-0.3, -0.25) is 10.00 Å². The van der Waals surface area contributed by atoms with Crippen molar-refractivity contribution in [1.29, 1.82) is 0 Å². The number of nitrogens with zero attached hydrogens (tertiary/aromatic N) is 4. The second kappa shape index (κ2) is 10.9. The van der Waals surface area contributed by atoms with E-state index in [1.807, 2.05) is 14.1 Å². The van der Waals surface area contributed by atoms with Crippen LogP contribution in [0.4, 0.5) is 4.39 Å². The van der Waals surface area contributed by atoms with Crippen LogP contribution < -0.4 is 9.47 Å². The molecule has 2 N–H and O–H groups in total. The summed E-state index contributed by atoms with van der Waals surface area (Å²) in [5.74, 6) is 0.245. The van der Waals surface area contributed by atoms with Gasteiger partial charge in [0.15, 0.2) is 17.1 Å². The number of hydrogen-bond acceptors (Lipinski definition) is 7. The molecule has 0 amide bonds. The molecule has 0 atom stereocenters. The Kier molecular flexibility index (Phi) is 7.82. The van der Waals surface area contributed by atoms with Gasteiger partial charge in [0.05, 0.1) is 29.4 Å². The Bertz CT molecular complexity index is 1390. The van der Waals surface area contributed by atoms with E-state index in [0.29, 0.717) is 57.9 Å². The average molecular weight is 516 g/mol. The molecular formula is C26H31ClFN5O3. The first-order chi connectivity index (χ1) is 17.3. The summed E-state index contributed by atoms with van der Waals surface area (Å²) >= 11 is 6.16. The number of nitrogens with one attached hydrogen (secondary N) is 1. The van der Waals surface area contributed by atoms with E-state index in [4.69, 9.17) is 21.1 Å². The van der Waals surface area contributed by atoms with E-state index in [9.17, 15) is 5.11 Å². The zero-order chi connectivity index (χ0) is 26.0. The molecule has 2 aromatic carbocycles. The first kappa shape index (κ1) is 25.9. The molecule has 0 saturated carbocycles. The number of benzene rings is 2. The molecule has 192 valence electrons. The Hall–Kier alpha value is -3.14. The molecule has 8 nitrogen and oxygen atoms in total. The first-order valence-electron chi connectivity index (χ1n) is 11.8. The molecule has 0 radical (unpaired) electrons. The van der Waals surface area contributed by atoms with Gasteiger partial charge < -0.3 is 19.5 Å². The maximum Gasteiger partial charge on any atom is 0.169 e. The summed E-state index contributed by atoms with van der Waals surface area (Å²) in [6.45, 7) is 7.59. The number of methoxy groups -OCH3 is 1. The molecule has 2 heterocycles. The summed E-state index contributed by atoms with van der Waals surface area (Å²) < 4.78 is 28.1. The lowest BCUT2D eigenvalue weighted by molar-refractivity contribution is 0.196. The molecule has 0 unspecified atom stereocenters. The number of aromatic amines is 1. The van der Waals surface area contributed by atoms with Crippen molar-refractivity contribution in [1.82, 2.24) is 25.0 Å². The monoisotopic (exact) mass is 515 g/mol. The zero-order valence-electron chi connectivity index (χ0n) is 21.2. The Morgan fingerprint density at radius 2 is 1.92 bits per heavy atom. The van der Waals surface area contributed by atoms with Gasteiger partial charge in [0.25, 0.3) is 0 Å². The number of rotatable bonds is 10. The van der Waals surface area contributed by atoms with E-state index >= 15 is 4.39 Å². The average Bonchev–Trinajstić information content (AvgIpc) is 3.33. The van der Waals surface area contributed by atoms with Crippen LogP contribution in [0, 0.1) is 12.7 Å². The van der Waals surface area contributed by atoms with E-state index in [-0.39, 0.29) is 16.2 Å². The lowest BCUT2D eigenvalue weighted by Gasteiger charge is -2.23. The fourth-order valence-electron chi connectivity index (χ4n) is 4.27. The minimum absolute atomic E-state index is 0.0658. The molecule has 0 aliphatic carbocycles. The normalized spacial score (nSPS) is 11.8. The molecule has 0 aliphatic rings. The molecule has 4 rings (SSSR count). The molecule has 0 fully saturated rings. The summed E-state index contributed by atoms with van der Waals surface area (Å²) in [7, 11) is 5.63. The van der Waals surface area contributed by atoms with Crippen molar-refractivity contribution in [2.75, 3.05) is 54.0 Å². The number of aromatic hydroxyl groups is 1. The van der Waals surface area contributed by atoms with Crippen LogP contribution in [0.1, 0.15) is 12.5 Å². The van der Waals surface area contributed by atoms with E-state index < -0.39 is 5.82 Å². The SMILES string of the molecule is CCN(CCOc1c(C)c(F)c2c(-c3ccc(O)c(Cl)c3)nc3[nH]ncc3c2c1OC)CCN(C)C. The van der Waals surface area contributed by atoms with Crippen LogP contribution in [-0.2, 0) is 0 Å². The van der Waals surface area contributed by atoms with Crippen LogP contribution in [0.25, 0.3) is 33.1 Å². The third-order valence-corrected chi connectivity index (χ3v) is 6.61. The summed E-state index contributed by atoms with van der Waals surface area (Å²) in [6, 6.07) is 4.65. The molecule has 36 heavy (non-hydrogen) atoms. The van der Waals surface area contributed by atoms with E-state index in [1.54, 1.807) is 25.3 Å². The lowest BCUT2D eigenvalue weighted by atomic mass is 9.97. The zero-order valence-corrected chi connectivity index (χ0v) is 21.9. The van der Waals surface area contributed by atoms with Crippen molar-refractivity contribution in [2.45, 2.75) is 13.8 Å². The van der Waals surface area contributed by atoms with Crippen molar-refractivity contribution in [2.24, 2.45) is 0 Å². The largest absolute Gasteiger partial charge is 0.506 e. The number of phenolic OH excluding ortho intramolecular Hbond substituents is 1. The van der Waals surface area contributed by atoms with E-state index in [0.717, 1.165) is 19.6 Å². The summed E-state index contributed by atoms with van der Waals surface area (Å²) in [5, 5.41) is 18.4. The Morgan fingerprint density at radius 3 is 2.58 bits per heavy atom. The highest BCUT2D eigenvalue weighted by Crippen LogP contribution is 2.46. The van der Waals surface area contributed by atoms with Crippen molar-refractivity contribution in [3.05, 3.63) is 40.8 Å². The number of halogens is 2. The molecule has 2 aromatic heterocycles. The highest BCUT2D eigenvalue weighted by Gasteiger charge is 2.26. The highest BCUT2D eigenvalue weighted by atomic mass is 35.5. The molecule has 10 heteroatoms. The molecule has 0 aliphatic heterocycles. The fourth-order valence-corrected chi connectivity index (χ4v) is 4.45. The second-order valence-corrected chi connectivity index (χ2v) is 9.30. The molecular weight excluding hydrogens is 485 g/mol. The predicted octanol–water partition coefficient (Wildman–Crippen LogP) is 4.86. The van der Waals surface area contributed by atoms with Crippen molar-refractivity contribution >= 4 is 33.4 Å². The van der Waals surface area contributed by atoms with Crippen LogP contribution in [0.5, 0.6) is 17.2 Å². The predicted molar refractivity (Wildman–Crippen MR) is 141 cm³/mol. The molecule has 0 spiro atoms. The fraction of sp³-hybridized carbons (Fsp3) is 0.385. The number of aromatic nitrogens is 3. The van der Waals surface area contributed by atoms with Crippen LogP contribution in [0.15, 0.2) is 24.4 Å². The van der Waals surface area contributed by atoms with Crippen molar-refractivity contribution in [3.63, 3.8) is 0 Å². The van der Waals surface area contributed by atoms with Gasteiger partial charge in [-0.15, -0.1) is 0 Å². The molecule has 0 bridgehead atoms. The Morgan fingerprint density at radius 1 is 1.14 bits per heavy atom. The number of hydrogen-bond donors (Lipinski definition) is 2. The number of phenols is 1. The third kappa shape index (κ3) is 4.91. The Balaban J connectivity index is 1.83. The van der Waals surface area contributed by atoms with Crippen molar-refractivity contribution < 1.29 is 19.0 Å². The first-order valence-corrected chi connectivity index (χ1v) is 12.2. The van der Waals surface area contributed by atoms with Crippen molar-refractivity contribution in [3.8, 4) is 28.5 Å². The van der Waals surface area contributed by atoms with E-state index in [1.165, 1.54) is 13.2 Å². The smallest absolute Gasteiger partial charge is 0.169 e. The minimum atomic E-state index is -0.462. The number of fused-ring (bicyclic) bond motifs is 3. The number of H-pyrrole nitrogens is 1. The Labute approximate surface area is 214 Å². The number of likely N-dealkylation sites (N-methyl/N-ethyl adjacent to an activating group) is 2. The van der Waals surface area contributed by atoms with Gasteiger partial charge in [-0.05, 0) is 45.8 Å². The maximum atomic E-state index is 16.1. The summed E-state index contributed by atoms with van der Waals surface area (Å²) in [6.07, 6.45) is 1.60. The number of ether oxygens (including phenoxy) is 2. The van der Waals surface area contributed by atoms with Gasteiger partial charge in [-0.1, -0.05) is 18.5 Å². The lowest BCUT2D eigenvalue weighted by Crippen LogP contribution is -2.34. The van der Waals surface area contributed by atoms with E-state index in [2.05, 4.69) is 31.9 Å². The van der Waals surface area contributed by atoms with Crippen LogP contribution in [0.3, 0.4) is 0 Å². The topological polar surface area (TPSA) is 86.7 Å². The second-order valence-electron chi connectivity index (χ2n) is 8.90. The number of pyridine rings is 1. The standard InChI is InChI=1S/C26H31ClFN5O3/c1-6-33(10-9-32(3)4)11-12-36-24-15(2)22(28)21-20(25(24)35-5)17-14-29-31-26(17)30-23(21)16-7-8-19(34)18(27)13-16/h7-8,13-14,34H,6,9-12H2,1-5H3,(H,29,30,31). The third-order valence-electron chi connectivity index (χ3n) is 6.31. The molecule has 4 aromatic rings. The summed E-state index contributed by atoms with van der Waals surface area (Å²) in [4.78, 5) is 9.06. The van der Waals surface area contributed by atoms with Gasteiger partial charge in [0.2, 0.25) is 0 Å². The van der Waals surface area contributed by atoms with Gasteiger partial charge in [-0.25, -0.2) is 9.37 Å². The molecule has 0 saturated heterocycles. The quantitative estimate of drug-likeness (QED) is 0.312. The van der Waals surface area contributed by atoms with Gasteiger partial charge in [0, 0.05) is 41.5 Å². The van der Waals surface area contributed by atoms with Crippen LogP contribution in [0.2, 0.25) is 5.02 Å². The van der Waals surface area contributed by atoms with Crippen LogP contribution >= 0.6 is 11.6 Å².